The molecule has 0 radical (unpaired) electrons. The maximum atomic E-state index is 12.0. The number of carboxylic acid groups (broad SMARTS) is 1. The summed E-state index contributed by atoms with van der Waals surface area (Å²) in [5.74, 6) is 1.79. The zero-order chi connectivity index (χ0) is 72.5. The van der Waals surface area contributed by atoms with E-state index in [4.69, 9.17) is 73.5 Å². The fourth-order valence-electron chi connectivity index (χ4n) is 7.68. The zero-order valence-electron chi connectivity index (χ0n) is 56.0. The number of hydrogen-bond donors (Lipinski definition) is 2. The van der Waals surface area contributed by atoms with Crippen LogP contribution in [-0.2, 0) is 47.8 Å². The molecule has 0 aliphatic carbocycles. The van der Waals surface area contributed by atoms with Gasteiger partial charge in [-0.2, -0.15) is 0 Å². The van der Waals surface area contributed by atoms with Crippen molar-refractivity contribution in [2.45, 2.75) is 61.3 Å². The second-order valence-corrected chi connectivity index (χ2v) is 23.0. The summed E-state index contributed by atoms with van der Waals surface area (Å²) in [4.78, 5) is 121. The Hall–Kier alpha value is -11.5. The molecular weight excluding hydrogens is 1330 g/mol. The first kappa shape index (κ1) is 77.5. The average molecular weight is 1400 g/mol. The third-order valence-corrected chi connectivity index (χ3v) is 13.3. The van der Waals surface area contributed by atoms with Crippen LogP contribution >= 0.6 is 11.6 Å². The summed E-state index contributed by atoms with van der Waals surface area (Å²) in [6.07, 6.45) is 19.8. The number of rotatable bonds is 10. The van der Waals surface area contributed by atoms with E-state index in [-0.39, 0.29) is 34.3 Å². The number of imide groups is 1. The molecule has 0 bridgehead atoms. The smallest absolute Gasteiger partial charge is 0.338 e. The number of nitrogens with zero attached hydrogens (tertiary/aromatic N) is 6. The first-order valence-electron chi connectivity index (χ1n) is 31.2. The number of aliphatic carboxylic acids is 1. The first-order valence-corrected chi connectivity index (χ1v) is 31.6. The molecule has 29 nitrogen and oxygen atoms in total. The van der Waals surface area contributed by atoms with Gasteiger partial charge >= 0.3 is 23.9 Å². The number of aldehydes is 1. The molecule has 0 aromatic carbocycles. The molecule has 3 amide bonds. The monoisotopic (exact) mass is 1400 g/mol. The van der Waals surface area contributed by atoms with Gasteiger partial charge in [0.05, 0.1) is 34.8 Å². The Balaban J connectivity index is 0.000000189. The van der Waals surface area contributed by atoms with Crippen LogP contribution in [0.5, 0.6) is 58.1 Å². The van der Waals surface area contributed by atoms with Crippen LogP contribution in [0.1, 0.15) is 94.6 Å². The summed E-state index contributed by atoms with van der Waals surface area (Å²) in [7, 11) is 0. The van der Waals surface area contributed by atoms with Crippen LogP contribution in [0.3, 0.4) is 0 Å². The fourth-order valence-corrected chi connectivity index (χ4v) is 7.68. The highest BCUT2D eigenvalue weighted by molar-refractivity contribution is 6.64. The Labute approximate surface area is 580 Å². The summed E-state index contributed by atoms with van der Waals surface area (Å²) >= 11 is 5.11. The van der Waals surface area contributed by atoms with Crippen LogP contribution in [-0.4, -0.2) is 174 Å². The molecule has 30 heteroatoms. The van der Waals surface area contributed by atoms with Crippen molar-refractivity contribution >= 4 is 89.0 Å². The highest BCUT2D eigenvalue weighted by atomic mass is 35.5. The molecule has 5 aromatic heterocycles. The zero-order valence-corrected chi connectivity index (χ0v) is 56.7. The second-order valence-electron chi connectivity index (χ2n) is 22.7. The van der Waals surface area contributed by atoms with Crippen molar-refractivity contribution in [1.82, 2.24) is 35.1 Å². The van der Waals surface area contributed by atoms with Gasteiger partial charge in [-0.25, -0.2) is 39.3 Å². The Morgan fingerprint density at radius 3 is 1.20 bits per heavy atom. The minimum Gasteiger partial charge on any atom is -0.484 e. The van der Waals surface area contributed by atoms with E-state index in [0.717, 1.165) is 25.1 Å². The molecule has 7 aliphatic rings. The molecule has 7 aliphatic heterocycles. The summed E-state index contributed by atoms with van der Waals surface area (Å²) in [5, 5.41) is 10.8. The lowest BCUT2D eigenvalue weighted by Gasteiger charge is -2.19. The third-order valence-electron chi connectivity index (χ3n) is 12.7. The number of ether oxygens (including phenoxy) is 12. The van der Waals surface area contributed by atoms with Gasteiger partial charge in [0.15, 0.2) is 35.0 Å². The largest absolute Gasteiger partial charge is 0.484 e. The van der Waals surface area contributed by atoms with E-state index in [1.165, 1.54) is 35.3 Å². The van der Waals surface area contributed by atoms with Gasteiger partial charge in [0.2, 0.25) is 11.1 Å². The van der Waals surface area contributed by atoms with Gasteiger partial charge in [0.1, 0.15) is 71.8 Å². The minimum atomic E-state index is -1.01. The Bertz CT molecular complexity index is 3890. The van der Waals surface area contributed by atoms with E-state index in [0.29, 0.717) is 179 Å². The Morgan fingerprint density at radius 1 is 0.510 bits per heavy atom. The molecule has 0 fully saturated rings. The lowest BCUT2D eigenvalue weighted by Crippen LogP contribution is -2.37. The normalized spacial score (nSPS) is 14.9. The number of amides is 3. The van der Waals surface area contributed by atoms with Crippen LogP contribution in [0.15, 0.2) is 109 Å². The van der Waals surface area contributed by atoms with E-state index in [9.17, 15) is 43.2 Å². The highest BCUT2D eigenvalue weighted by Gasteiger charge is 2.26. The van der Waals surface area contributed by atoms with E-state index < -0.39 is 23.3 Å². The second kappa shape index (κ2) is 39.7. The number of fused-ring (bicyclic) bond motifs is 5. The number of aromatic nitrogens is 5. The summed E-state index contributed by atoms with van der Waals surface area (Å²) < 4.78 is 62.5. The van der Waals surface area contributed by atoms with Crippen molar-refractivity contribution < 1.29 is 105 Å². The molecule has 0 atom stereocenters. The van der Waals surface area contributed by atoms with Crippen LogP contribution in [0.4, 0.5) is 0 Å². The fraction of sp³-hybridized carbons (Fsp3) is 0.343. The molecule has 2 N–H and O–H groups in total. The summed E-state index contributed by atoms with van der Waals surface area (Å²) in [5.41, 5.74) is 1.51. The van der Waals surface area contributed by atoms with E-state index in [1.807, 2.05) is 6.08 Å². The number of nitrogens with one attached hydrogen (secondary N) is 1. The molecule has 0 saturated carbocycles. The third kappa shape index (κ3) is 27.2. The topological polar surface area (TPSA) is 364 Å². The van der Waals surface area contributed by atoms with Crippen molar-refractivity contribution in [2.75, 3.05) is 85.8 Å². The number of esters is 3. The van der Waals surface area contributed by atoms with Crippen LogP contribution < -0.4 is 52.7 Å². The number of halogens is 1. The number of carbonyl (C=O) groups excluding carboxylic acids is 8. The van der Waals surface area contributed by atoms with E-state index >= 15 is 0 Å². The van der Waals surface area contributed by atoms with Gasteiger partial charge in [-0.3, -0.25) is 33.7 Å². The average Bonchev–Trinajstić information content (AvgIpc) is 1.04. The van der Waals surface area contributed by atoms with Gasteiger partial charge < -0.3 is 67.3 Å². The number of pyridine rings is 5. The van der Waals surface area contributed by atoms with Crippen LogP contribution in [0.25, 0.3) is 24.3 Å². The number of carboxylic acids is 1. The van der Waals surface area contributed by atoms with Gasteiger partial charge in [0, 0.05) is 42.8 Å². The Kier molecular flexibility index (Phi) is 30.7. The summed E-state index contributed by atoms with van der Waals surface area (Å²) in [6, 6.07) is 17.1. The molecule has 0 unspecified atom stereocenters. The molecule has 530 valence electrons. The molecule has 0 spiro atoms. The highest BCUT2D eigenvalue weighted by Crippen LogP contribution is 2.32. The van der Waals surface area contributed by atoms with E-state index in [1.54, 1.807) is 133 Å². The first-order chi connectivity index (χ1) is 47.9. The maximum Gasteiger partial charge on any atom is 0.338 e. The summed E-state index contributed by atoms with van der Waals surface area (Å²) in [6.45, 7) is 18.6. The lowest BCUT2D eigenvalue weighted by atomic mass is 9.97. The van der Waals surface area contributed by atoms with Crippen molar-refractivity contribution in [2.24, 2.45) is 10.8 Å². The number of carbonyl (C=O) groups is 9. The molecule has 5 aromatic rings. The number of hydrogen-bond acceptors (Lipinski definition) is 26. The van der Waals surface area contributed by atoms with Gasteiger partial charge in [-0.05, 0) is 149 Å². The van der Waals surface area contributed by atoms with Crippen LogP contribution in [0, 0.1) is 10.8 Å². The SMILES string of the molecule is CC(C)(C)C(=O)Cl.CC(C)(C)C(=O)OC(=O)/C=C/c1ccc2c(n1)OCCO2.CCOC(=O)/C=C/c1ccc2c(n1)OCCO2.O=C(O)/C=C/c1ccc2c(n1)OCCO2.O=C1C=CCCN1.O=C1C=CCCN1C(=O)/C=C/c1ccc2c(n1)OCCO2.O=Cc1ccc2c(n1)OCCO2. The van der Waals surface area contributed by atoms with Gasteiger partial charge in [-0.1, -0.05) is 32.9 Å². The van der Waals surface area contributed by atoms with Crippen molar-refractivity contribution in [3.63, 3.8) is 0 Å². The molecular formula is C70H76ClN7O22. The molecule has 12 rings (SSSR count). The van der Waals surface area contributed by atoms with Crippen LogP contribution in [0.2, 0.25) is 0 Å². The van der Waals surface area contributed by atoms with E-state index in [2.05, 4.69) is 30.2 Å². The van der Waals surface area contributed by atoms with Gasteiger partial charge in [0.25, 0.3) is 41.2 Å². The van der Waals surface area contributed by atoms with Crippen molar-refractivity contribution in [1.29, 1.82) is 0 Å². The molecule has 100 heavy (non-hydrogen) atoms. The lowest BCUT2D eigenvalue weighted by molar-refractivity contribution is -0.162. The van der Waals surface area contributed by atoms with Crippen molar-refractivity contribution in [3.05, 3.63) is 138 Å². The standard InChI is InChI=1S/C15H14N2O4.C15H17NO5.C12H13NO4.C10H9NO4.C8H7NO3.C5H9ClO.C5H7NO/c18-13-3-1-2-8-17(13)14(19)7-5-11-4-6-12-15(16-11)21-10-9-20-12;1-15(2,3)14(18)21-12(17)7-5-10-4-6-11-13(16-10)20-9-8-19-11;1-2-15-11(14)6-4-9-3-5-10-12(13-9)17-8-7-16-10;12-9(13)4-2-7-1-3-8-10(11-7)15-6-5-14-8;10-5-6-1-2-7-8(9-6)12-4-3-11-7;1-5(2,3)4(6)7;7-5-3-1-2-4-6-5/h1,3-7H,2,8-10H2;4-7H,8-9H2,1-3H3;3-6H,2,7-8H2,1H3;1-4H,5-6H2,(H,12,13);1-2,5H,3-4H2;1-3H3;1,3H,2,4H2,(H,6,7)/b2*7-5+;6-4+;4-2+;;;. The maximum absolute atomic E-state index is 12.0. The quantitative estimate of drug-likeness (QED) is 0.0438. The molecule has 0 saturated heterocycles. The minimum absolute atomic E-state index is 0.0336. The van der Waals surface area contributed by atoms with Crippen molar-refractivity contribution in [3.8, 4) is 58.1 Å². The predicted molar refractivity (Wildman–Crippen MR) is 360 cm³/mol. The predicted octanol–water partition coefficient (Wildman–Crippen LogP) is 8.07. The molecule has 12 heterocycles. The van der Waals surface area contributed by atoms with Gasteiger partial charge in [-0.15, -0.1) is 0 Å². The Morgan fingerprint density at radius 2 is 0.870 bits per heavy atom.